The third kappa shape index (κ3) is 3.14. The Morgan fingerprint density at radius 3 is 2.32 bits per heavy atom. The highest BCUT2D eigenvalue weighted by Gasteiger charge is 2.10. The molecule has 0 aliphatic rings. The Morgan fingerprint density at radius 1 is 1.21 bits per heavy atom. The fourth-order valence-corrected chi connectivity index (χ4v) is 2.56. The Bertz CT molecular complexity index is 659. The highest BCUT2D eigenvalue weighted by Crippen LogP contribution is 2.20. The van der Waals surface area contributed by atoms with Gasteiger partial charge in [0.15, 0.2) is 9.84 Å². The van der Waals surface area contributed by atoms with E-state index < -0.39 is 9.84 Å². The smallest absolute Gasteiger partial charge is 0.175 e. The van der Waals surface area contributed by atoms with Crippen LogP contribution in [0.15, 0.2) is 41.4 Å². The van der Waals surface area contributed by atoms with Crippen molar-refractivity contribution in [1.82, 2.24) is 9.78 Å². The molecule has 6 heteroatoms. The molecule has 0 saturated carbocycles. The minimum Gasteiger partial charge on any atom is -0.377 e. The van der Waals surface area contributed by atoms with Crippen molar-refractivity contribution in [3.63, 3.8) is 0 Å². The number of nitrogens with one attached hydrogen (secondary N) is 1. The predicted octanol–water partition coefficient (Wildman–Crippen LogP) is 2.00. The number of nitrogens with zero attached hydrogens (tertiary/aromatic N) is 2. The van der Waals surface area contributed by atoms with Gasteiger partial charge in [-0.05, 0) is 37.3 Å². The summed E-state index contributed by atoms with van der Waals surface area (Å²) in [5.74, 6) is 0. The Balaban J connectivity index is 2.14. The number of aryl methyl sites for hydroxylation is 1. The average molecular weight is 279 g/mol. The second-order valence-corrected chi connectivity index (χ2v) is 6.56. The Hall–Kier alpha value is -1.82. The lowest BCUT2D eigenvalue weighted by Crippen LogP contribution is -2.11. The van der Waals surface area contributed by atoms with Crippen LogP contribution in [-0.4, -0.2) is 24.5 Å². The van der Waals surface area contributed by atoms with Crippen molar-refractivity contribution in [2.24, 2.45) is 7.05 Å². The maximum atomic E-state index is 11.4. The van der Waals surface area contributed by atoms with Crippen LogP contribution in [0.1, 0.15) is 18.7 Å². The first kappa shape index (κ1) is 13.6. The molecule has 0 aliphatic carbocycles. The van der Waals surface area contributed by atoms with Gasteiger partial charge in [-0.25, -0.2) is 8.42 Å². The molecular weight excluding hydrogens is 262 g/mol. The van der Waals surface area contributed by atoms with Gasteiger partial charge in [0, 0.05) is 25.2 Å². The van der Waals surface area contributed by atoms with E-state index in [0.29, 0.717) is 4.90 Å². The van der Waals surface area contributed by atoms with E-state index >= 15 is 0 Å². The van der Waals surface area contributed by atoms with E-state index in [2.05, 4.69) is 10.4 Å². The number of benzene rings is 1. The molecule has 1 heterocycles. The minimum atomic E-state index is -3.14. The molecule has 1 aromatic heterocycles. The number of anilines is 1. The van der Waals surface area contributed by atoms with Crippen molar-refractivity contribution in [2.45, 2.75) is 17.9 Å². The lowest BCUT2D eigenvalue weighted by atomic mass is 10.2. The van der Waals surface area contributed by atoms with Gasteiger partial charge in [0.25, 0.3) is 0 Å². The van der Waals surface area contributed by atoms with Crippen LogP contribution >= 0.6 is 0 Å². The van der Waals surface area contributed by atoms with Crippen molar-refractivity contribution in [1.29, 1.82) is 0 Å². The second-order valence-electron chi connectivity index (χ2n) is 4.54. The molecule has 0 aliphatic heterocycles. The number of aromatic nitrogens is 2. The van der Waals surface area contributed by atoms with Gasteiger partial charge >= 0.3 is 0 Å². The first-order chi connectivity index (χ1) is 8.88. The zero-order chi connectivity index (χ0) is 14.0. The number of sulfone groups is 1. The number of hydrogen-bond donors (Lipinski definition) is 1. The standard InChI is InChI=1S/C13H17N3O2S/c1-10(13-8-9-14-16(13)2)15-11-4-6-12(7-5-11)19(3,17)18/h4-10,15H,1-3H3. The fourth-order valence-electron chi connectivity index (χ4n) is 1.93. The molecule has 2 rings (SSSR count). The topological polar surface area (TPSA) is 64.0 Å². The molecule has 0 amide bonds. The molecule has 1 unspecified atom stereocenters. The van der Waals surface area contributed by atoms with E-state index in [9.17, 15) is 8.42 Å². The van der Waals surface area contributed by atoms with Crippen molar-refractivity contribution < 1.29 is 8.42 Å². The molecule has 0 radical (unpaired) electrons. The molecule has 0 saturated heterocycles. The quantitative estimate of drug-likeness (QED) is 0.929. The summed E-state index contributed by atoms with van der Waals surface area (Å²) in [4.78, 5) is 0.325. The maximum absolute atomic E-state index is 11.4. The van der Waals surface area contributed by atoms with Crippen LogP contribution < -0.4 is 5.32 Å². The monoisotopic (exact) mass is 279 g/mol. The third-order valence-electron chi connectivity index (χ3n) is 2.97. The van der Waals surface area contributed by atoms with Crippen LogP contribution in [-0.2, 0) is 16.9 Å². The fraction of sp³-hybridized carbons (Fsp3) is 0.308. The van der Waals surface area contributed by atoms with Gasteiger partial charge < -0.3 is 5.32 Å². The van der Waals surface area contributed by atoms with E-state index in [1.807, 2.05) is 24.7 Å². The van der Waals surface area contributed by atoms with Gasteiger partial charge in [-0.15, -0.1) is 0 Å². The highest BCUT2D eigenvalue weighted by atomic mass is 32.2. The zero-order valence-corrected chi connectivity index (χ0v) is 12.0. The lowest BCUT2D eigenvalue weighted by molar-refractivity contribution is 0.602. The summed E-state index contributed by atoms with van der Waals surface area (Å²) in [6.07, 6.45) is 2.95. The molecule has 102 valence electrons. The summed E-state index contributed by atoms with van der Waals surface area (Å²) >= 11 is 0. The molecule has 0 bridgehead atoms. The van der Waals surface area contributed by atoms with E-state index in [0.717, 1.165) is 11.4 Å². The summed E-state index contributed by atoms with van der Waals surface area (Å²) in [6.45, 7) is 2.03. The number of rotatable bonds is 4. The van der Waals surface area contributed by atoms with Crippen molar-refractivity contribution in [3.8, 4) is 0 Å². The SMILES string of the molecule is CC(Nc1ccc(S(C)(=O)=O)cc1)c1ccnn1C. The molecule has 19 heavy (non-hydrogen) atoms. The lowest BCUT2D eigenvalue weighted by Gasteiger charge is -2.15. The third-order valence-corrected chi connectivity index (χ3v) is 4.10. The molecule has 1 aromatic carbocycles. The van der Waals surface area contributed by atoms with Crippen LogP contribution in [0.4, 0.5) is 5.69 Å². The summed E-state index contributed by atoms with van der Waals surface area (Å²) in [6, 6.07) is 8.78. The Labute approximate surface area is 113 Å². The summed E-state index contributed by atoms with van der Waals surface area (Å²) in [5, 5.41) is 7.43. The molecular formula is C13H17N3O2S. The maximum Gasteiger partial charge on any atom is 0.175 e. The largest absolute Gasteiger partial charge is 0.377 e. The molecule has 1 N–H and O–H groups in total. The normalized spacial score (nSPS) is 13.2. The average Bonchev–Trinajstić information content (AvgIpc) is 2.75. The molecule has 0 spiro atoms. The van der Waals surface area contributed by atoms with Crippen LogP contribution in [0.3, 0.4) is 0 Å². The highest BCUT2D eigenvalue weighted by molar-refractivity contribution is 7.90. The number of hydrogen-bond acceptors (Lipinski definition) is 4. The summed E-state index contributed by atoms with van der Waals surface area (Å²) < 4.78 is 24.5. The van der Waals surface area contributed by atoms with Gasteiger partial charge in [0.1, 0.15) is 0 Å². The van der Waals surface area contributed by atoms with E-state index in [-0.39, 0.29) is 6.04 Å². The molecule has 1 atom stereocenters. The van der Waals surface area contributed by atoms with Crippen molar-refractivity contribution >= 4 is 15.5 Å². The van der Waals surface area contributed by atoms with Gasteiger partial charge in [0.05, 0.1) is 16.6 Å². The van der Waals surface area contributed by atoms with Gasteiger partial charge in [0.2, 0.25) is 0 Å². The summed E-state index contributed by atoms with van der Waals surface area (Å²) in [7, 11) is -1.25. The Morgan fingerprint density at radius 2 is 1.84 bits per heavy atom. The van der Waals surface area contributed by atoms with Crippen LogP contribution in [0, 0.1) is 0 Å². The minimum absolute atomic E-state index is 0.0941. The van der Waals surface area contributed by atoms with Gasteiger partial charge in [-0.3, -0.25) is 4.68 Å². The van der Waals surface area contributed by atoms with E-state index in [1.54, 1.807) is 30.5 Å². The van der Waals surface area contributed by atoms with Crippen LogP contribution in [0.2, 0.25) is 0 Å². The second kappa shape index (κ2) is 5.05. The van der Waals surface area contributed by atoms with Crippen molar-refractivity contribution in [3.05, 3.63) is 42.2 Å². The van der Waals surface area contributed by atoms with Crippen molar-refractivity contribution in [2.75, 3.05) is 11.6 Å². The van der Waals surface area contributed by atoms with E-state index in [4.69, 9.17) is 0 Å². The molecule has 5 nitrogen and oxygen atoms in total. The molecule has 2 aromatic rings. The first-order valence-electron chi connectivity index (χ1n) is 5.92. The molecule has 0 fully saturated rings. The Kier molecular flexibility index (Phi) is 3.61. The van der Waals surface area contributed by atoms with E-state index in [1.165, 1.54) is 6.26 Å². The van der Waals surface area contributed by atoms with Crippen LogP contribution in [0.25, 0.3) is 0 Å². The van der Waals surface area contributed by atoms with Gasteiger partial charge in [-0.1, -0.05) is 0 Å². The first-order valence-corrected chi connectivity index (χ1v) is 7.81. The zero-order valence-electron chi connectivity index (χ0n) is 11.2. The summed E-state index contributed by atoms with van der Waals surface area (Å²) in [5.41, 5.74) is 1.94. The predicted molar refractivity (Wildman–Crippen MR) is 74.8 cm³/mol. The van der Waals surface area contributed by atoms with Crippen LogP contribution in [0.5, 0.6) is 0 Å². The van der Waals surface area contributed by atoms with Gasteiger partial charge in [-0.2, -0.15) is 5.10 Å².